The van der Waals surface area contributed by atoms with Crippen LogP contribution in [0.25, 0.3) is 0 Å². The Morgan fingerprint density at radius 3 is 2.36 bits per heavy atom. The van der Waals surface area contributed by atoms with Gasteiger partial charge in [-0.2, -0.15) is 0 Å². The van der Waals surface area contributed by atoms with Gasteiger partial charge in [-0.25, -0.2) is 0 Å². The number of ether oxygens (including phenoxy) is 1. The highest BCUT2D eigenvalue weighted by molar-refractivity contribution is 5.73. The summed E-state index contributed by atoms with van der Waals surface area (Å²) in [6, 6.07) is 0.453. The minimum atomic E-state index is 0.184. The average Bonchev–Trinajstić information content (AvgIpc) is 2.18. The molecule has 82 valence electrons. The quantitative estimate of drug-likeness (QED) is 0.652. The molecule has 0 aromatic heterocycles. The number of nitrogens with zero attached hydrogens (tertiary/aromatic N) is 2. The third-order valence-corrected chi connectivity index (χ3v) is 2.79. The number of carbonyl (C=O) groups is 1. The van der Waals surface area contributed by atoms with Crippen molar-refractivity contribution in [2.24, 2.45) is 0 Å². The van der Waals surface area contributed by atoms with Crippen molar-refractivity contribution < 1.29 is 9.53 Å². The van der Waals surface area contributed by atoms with Crippen molar-refractivity contribution in [2.75, 3.05) is 39.9 Å². The molecule has 0 bridgehead atoms. The Hall–Kier alpha value is -0.610. The lowest BCUT2D eigenvalue weighted by molar-refractivity contribution is -0.131. The Labute approximate surface area is 85.8 Å². The molecule has 4 nitrogen and oxygen atoms in total. The van der Waals surface area contributed by atoms with Gasteiger partial charge < -0.3 is 9.64 Å². The standard InChI is InChI=1S/C10H20N2O2/c1-9(8-14-3)11-4-6-12(7-5-11)10(2)13/h9H,4-8H2,1-3H3. The first-order valence-corrected chi connectivity index (χ1v) is 5.13. The Kier molecular flexibility index (Phi) is 4.35. The van der Waals surface area contributed by atoms with Crippen LogP contribution in [0.1, 0.15) is 13.8 Å². The maximum atomic E-state index is 11.1. The zero-order valence-corrected chi connectivity index (χ0v) is 9.32. The molecule has 0 aromatic carbocycles. The van der Waals surface area contributed by atoms with Gasteiger partial charge in [-0.15, -0.1) is 0 Å². The number of carbonyl (C=O) groups excluding carboxylic acids is 1. The van der Waals surface area contributed by atoms with Gasteiger partial charge in [0.15, 0.2) is 0 Å². The Morgan fingerprint density at radius 1 is 1.36 bits per heavy atom. The molecular weight excluding hydrogens is 180 g/mol. The van der Waals surface area contributed by atoms with Crippen molar-refractivity contribution in [1.82, 2.24) is 9.80 Å². The van der Waals surface area contributed by atoms with Gasteiger partial charge in [0.2, 0.25) is 5.91 Å². The summed E-state index contributed by atoms with van der Waals surface area (Å²) in [5.74, 6) is 0.184. The summed E-state index contributed by atoms with van der Waals surface area (Å²) in [5.41, 5.74) is 0. The van der Waals surface area contributed by atoms with Gasteiger partial charge in [-0.1, -0.05) is 0 Å². The maximum absolute atomic E-state index is 11.1. The molecule has 0 aliphatic carbocycles. The summed E-state index contributed by atoms with van der Waals surface area (Å²) in [6.07, 6.45) is 0. The SMILES string of the molecule is COCC(C)N1CCN(C(C)=O)CC1. The van der Waals surface area contributed by atoms with Crippen LogP contribution in [0.3, 0.4) is 0 Å². The van der Waals surface area contributed by atoms with E-state index >= 15 is 0 Å². The van der Waals surface area contributed by atoms with Crippen LogP contribution in [-0.2, 0) is 9.53 Å². The van der Waals surface area contributed by atoms with Gasteiger partial charge in [-0.05, 0) is 6.92 Å². The van der Waals surface area contributed by atoms with E-state index in [1.807, 2.05) is 4.90 Å². The molecule has 1 aliphatic heterocycles. The fraction of sp³-hybridized carbons (Fsp3) is 0.900. The van der Waals surface area contributed by atoms with Gasteiger partial charge in [0, 0.05) is 46.3 Å². The molecule has 1 aliphatic rings. The van der Waals surface area contributed by atoms with Crippen LogP contribution < -0.4 is 0 Å². The van der Waals surface area contributed by atoms with Crippen LogP contribution in [-0.4, -0.2) is 61.6 Å². The lowest BCUT2D eigenvalue weighted by Crippen LogP contribution is -2.51. The molecule has 1 unspecified atom stereocenters. The highest BCUT2D eigenvalue weighted by atomic mass is 16.5. The van der Waals surface area contributed by atoms with E-state index in [2.05, 4.69) is 11.8 Å². The average molecular weight is 200 g/mol. The van der Waals surface area contributed by atoms with Crippen molar-refractivity contribution in [3.63, 3.8) is 0 Å². The van der Waals surface area contributed by atoms with E-state index in [9.17, 15) is 4.79 Å². The first-order chi connectivity index (χ1) is 6.65. The van der Waals surface area contributed by atoms with Crippen molar-refractivity contribution in [1.29, 1.82) is 0 Å². The number of methoxy groups -OCH3 is 1. The predicted octanol–water partition coefficient (Wildman–Crippen LogP) is 0.185. The van der Waals surface area contributed by atoms with E-state index in [4.69, 9.17) is 4.74 Å². The summed E-state index contributed by atoms with van der Waals surface area (Å²) in [4.78, 5) is 15.3. The minimum Gasteiger partial charge on any atom is -0.383 e. The molecule has 0 radical (unpaired) electrons. The molecule has 14 heavy (non-hydrogen) atoms. The second-order valence-electron chi connectivity index (χ2n) is 3.85. The molecule has 0 aromatic rings. The van der Waals surface area contributed by atoms with Gasteiger partial charge in [-0.3, -0.25) is 9.69 Å². The lowest BCUT2D eigenvalue weighted by atomic mass is 10.2. The van der Waals surface area contributed by atoms with Crippen LogP contribution in [0, 0.1) is 0 Å². The minimum absolute atomic E-state index is 0.184. The molecule has 4 heteroatoms. The van der Waals surface area contributed by atoms with Crippen LogP contribution in [0.5, 0.6) is 0 Å². The third-order valence-electron chi connectivity index (χ3n) is 2.79. The highest BCUT2D eigenvalue weighted by Gasteiger charge is 2.21. The first kappa shape index (κ1) is 11.5. The van der Waals surface area contributed by atoms with E-state index in [0.29, 0.717) is 6.04 Å². The van der Waals surface area contributed by atoms with E-state index in [-0.39, 0.29) is 5.91 Å². The van der Waals surface area contributed by atoms with Gasteiger partial charge in [0.25, 0.3) is 0 Å². The second kappa shape index (κ2) is 5.32. The van der Waals surface area contributed by atoms with Gasteiger partial charge in [0.05, 0.1) is 6.61 Å². The van der Waals surface area contributed by atoms with Crippen molar-refractivity contribution in [3.8, 4) is 0 Å². The number of amides is 1. The smallest absolute Gasteiger partial charge is 0.219 e. The van der Waals surface area contributed by atoms with E-state index < -0.39 is 0 Å². The molecule has 1 fully saturated rings. The summed E-state index contributed by atoms with van der Waals surface area (Å²) in [6.45, 7) is 8.18. The molecule has 1 rings (SSSR count). The topological polar surface area (TPSA) is 32.8 Å². The van der Waals surface area contributed by atoms with Crippen molar-refractivity contribution in [2.45, 2.75) is 19.9 Å². The zero-order chi connectivity index (χ0) is 10.6. The molecule has 1 amide bonds. The number of piperazine rings is 1. The number of rotatable bonds is 3. The fourth-order valence-corrected chi connectivity index (χ4v) is 1.82. The Balaban J connectivity index is 2.31. The fourth-order valence-electron chi connectivity index (χ4n) is 1.82. The molecular formula is C10H20N2O2. The molecule has 1 heterocycles. The third kappa shape index (κ3) is 2.96. The molecule has 1 saturated heterocycles. The number of hydrogen-bond donors (Lipinski definition) is 0. The Bertz CT molecular complexity index is 189. The summed E-state index contributed by atoms with van der Waals surface area (Å²) in [5, 5.41) is 0. The zero-order valence-electron chi connectivity index (χ0n) is 9.32. The summed E-state index contributed by atoms with van der Waals surface area (Å²) >= 11 is 0. The second-order valence-corrected chi connectivity index (χ2v) is 3.85. The molecule has 1 atom stereocenters. The van der Waals surface area contributed by atoms with Crippen LogP contribution in [0.4, 0.5) is 0 Å². The van der Waals surface area contributed by atoms with E-state index in [0.717, 1.165) is 32.8 Å². The molecule has 0 saturated carbocycles. The normalized spacial score (nSPS) is 20.9. The molecule has 0 spiro atoms. The summed E-state index contributed by atoms with van der Waals surface area (Å²) in [7, 11) is 1.72. The van der Waals surface area contributed by atoms with Crippen LogP contribution >= 0.6 is 0 Å². The van der Waals surface area contributed by atoms with Crippen molar-refractivity contribution >= 4 is 5.91 Å². The maximum Gasteiger partial charge on any atom is 0.219 e. The van der Waals surface area contributed by atoms with E-state index in [1.54, 1.807) is 14.0 Å². The number of hydrogen-bond acceptors (Lipinski definition) is 3. The van der Waals surface area contributed by atoms with Crippen LogP contribution in [0.2, 0.25) is 0 Å². The lowest BCUT2D eigenvalue weighted by Gasteiger charge is -2.37. The van der Waals surface area contributed by atoms with E-state index in [1.165, 1.54) is 0 Å². The first-order valence-electron chi connectivity index (χ1n) is 5.13. The van der Waals surface area contributed by atoms with Gasteiger partial charge >= 0.3 is 0 Å². The summed E-state index contributed by atoms with van der Waals surface area (Å²) < 4.78 is 5.11. The Morgan fingerprint density at radius 2 is 1.93 bits per heavy atom. The monoisotopic (exact) mass is 200 g/mol. The van der Waals surface area contributed by atoms with Crippen molar-refractivity contribution in [3.05, 3.63) is 0 Å². The van der Waals surface area contributed by atoms with Crippen LogP contribution in [0.15, 0.2) is 0 Å². The van der Waals surface area contributed by atoms with Gasteiger partial charge in [0.1, 0.15) is 0 Å². The predicted molar refractivity (Wildman–Crippen MR) is 55.2 cm³/mol. The molecule has 0 N–H and O–H groups in total. The highest BCUT2D eigenvalue weighted by Crippen LogP contribution is 2.06. The largest absolute Gasteiger partial charge is 0.383 e.